The molecule has 3 saturated heterocycles. The highest BCUT2D eigenvalue weighted by Gasteiger charge is 2.37. The van der Waals surface area contributed by atoms with E-state index in [0.717, 1.165) is 87.5 Å². The molecule has 0 spiro atoms. The first kappa shape index (κ1) is 97.5. The van der Waals surface area contributed by atoms with Crippen molar-refractivity contribution in [3.8, 4) is 47.0 Å². The van der Waals surface area contributed by atoms with Crippen LogP contribution in [-0.4, -0.2) is 187 Å². The summed E-state index contributed by atoms with van der Waals surface area (Å²) in [5.74, 6) is 1.15. The molecule has 7 aromatic rings. The molecule has 5 aliphatic rings. The van der Waals surface area contributed by atoms with Gasteiger partial charge < -0.3 is 78.0 Å². The molecule has 34 heteroatoms. The molecule has 7 heterocycles. The van der Waals surface area contributed by atoms with E-state index >= 15 is 0 Å². The standard InChI is InChI=1S/C31H39N5O4.C21H31N3O6.C12H23NO2.C10H10N2O.C9H10N2O5.C6H4N2O/c1-19-7-8-21(13-27(37)40-31(2,3)4)18-35(19)30(38)22-14-24-28(26(15-22)39-6)34(5)29(33-24)25-12-11-23(16-32)36(25)17-20-9-10-20;1-13-7-8-14(9-18(25)30-21(2,3)4)12-23(13)20(26)15-10-16(24(27)28)19(22-5)17(11-15)29-6;1-9-5-6-10(8-13-9)7-11(14)15-12(2,3)4;11-5-9-3-4-10(7-13)12(9)6-8-1-2-8;1-10-8-6(11(14)15)3-5(9(12)13)4-7(8)16-2;7-3-5-1-2-6(4-9)8-5/h11-12,14-15,19-21H,7-10,13,17-18H2,1-6H3;10-11,13-14,22H,7-9,12H2,1-6H3;9-10,13H,5-8H2,1-4H3;3-4,7-8H,1-2,6H2;3-4,10H,1-2H3,(H,12,13);1-2,4,8H/t19-,21-;13-,14-;9-,10-;;;/m000.../s1. The van der Waals surface area contributed by atoms with Crippen molar-refractivity contribution < 1.29 is 81.7 Å². The summed E-state index contributed by atoms with van der Waals surface area (Å²) in [7, 11) is 9.29. The maximum Gasteiger partial charge on any atom is 0.336 e. The molecule has 662 valence electrons. The van der Waals surface area contributed by atoms with Gasteiger partial charge in [-0.1, -0.05) is 0 Å². The predicted octanol–water partition coefficient (Wildman–Crippen LogP) is 14.7. The number of esters is 3. The summed E-state index contributed by atoms with van der Waals surface area (Å²) < 4.78 is 38.0. The van der Waals surface area contributed by atoms with Gasteiger partial charge in [-0.15, -0.1) is 0 Å². The number of H-pyrrole nitrogens is 1. The Kier molecular flexibility index (Phi) is 34.7. The number of rotatable bonds is 23. The van der Waals surface area contributed by atoms with E-state index in [1.807, 2.05) is 115 Å². The summed E-state index contributed by atoms with van der Waals surface area (Å²) in [6, 6.07) is 25.8. The quantitative estimate of drug-likeness (QED) is 0.0131. The lowest BCUT2D eigenvalue weighted by atomic mass is 9.90. The van der Waals surface area contributed by atoms with E-state index in [-0.39, 0.29) is 111 Å². The predicted molar refractivity (Wildman–Crippen MR) is 460 cm³/mol. The number of carbonyl (C=O) groups is 8. The first-order valence-corrected chi connectivity index (χ1v) is 41.1. The number of anilines is 2. The number of piperidine rings is 3. The number of ether oxygens (including phenoxy) is 6. The largest absolute Gasteiger partial charge is 0.494 e. The number of nitro benzene ring substituents is 2. The van der Waals surface area contributed by atoms with E-state index in [2.05, 4.69) is 51.5 Å². The molecule has 2 amide bonds. The number of imidazole rings is 1. The average molecular weight is 1700 g/mol. The minimum Gasteiger partial charge on any atom is -0.494 e. The topological polar surface area (TPSA) is 456 Å². The van der Waals surface area contributed by atoms with Gasteiger partial charge in [-0.2, -0.15) is 15.8 Å². The fourth-order valence-corrected chi connectivity index (χ4v) is 14.6. The zero-order chi connectivity index (χ0) is 91.1. The average Bonchev–Trinajstić information content (AvgIpc) is 1.59. The second kappa shape index (κ2) is 43.7. The van der Waals surface area contributed by atoms with E-state index in [9.17, 15) is 63.8 Å². The van der Waals surface area contributed by atoms with Crippen LogP contribution < -0.4 is 30.2 Å². The maximum absolute atomic E-state index is 13.8. The number of amides is 2. The Hall–Kier alpha value is -12.6. The van der Waals surface area contributed by atoms with Crippen molar-refractivity contribution in [2.75, 3.05) is 65.7 Å². The first-order chi connectivity index (χ1) is 58.0. The van der Waals surface area contributed by atoms with Gasteiger partial charge in [0.2, 0.25) is 0 Å². The molecule has 4 aromatic heterocycles. The van der Waals surface area contributed by atoms with Crippen molar-refractivity contribution in [1.82, 2.24) is 38.8 Å². The number of benzene rings is 3. The molecule has 3 aromatic carbocycles. The molecule has 0 radical (unpaired) electrons. The molecular weight excluding hydrogens is 1580 g/mol. The van der Waals surface area contributed by atoms with Crippen molar-refractivity contribution in [3.63, 3.8) is 0 Å². The zero-order valence-electron chi connectivity index (χ0n) is 73.6. The number of aromatic amines is 1. The minimum absolute atomic E-state index is 0.0199. The SMILES string of the molecule is CNc1c(OC)cc(C(=O)N2C[C@H](CC(=O)OC(C)(C)C)CC[C@@H]2C)cc1[N+](=O)[O-].CNc1c(OC)cc(C(=O)O)cc1[N+](=O)[O-].COc1cc(C(=O)N2C[C@H](CC(=O)OC(C)(C)C)CC[C@@H]2C)cc2nc(-c3ccc(C#N)n3CC3CC3)n(C)c12.C[C@H]1CC[C@@H](CC(=O)OC(C)(C)C)CN1.N#Cc1ccc(C=O)[nH]1.N#Cc1ccc(C=O)n1CC1CC1. The zero-order valence-corrected chi connectivity index (χ0v) is 73.6. The van der Waals surface area contributed by atoms with Crippen LogP contribution in [0.5, 0.6) is 17.2 Å². The number of hydrogen-bond donors (Lipinski definition) is 5. The number of aryl methyl sites for hydroxylation is 1. The molecule has 0 unspecified atom stereocenters. The minimum atomic E-state index is -1.25. The smallest absolute Gasteiger partial charge is 0.336 e. The number of carboxylic acid groups (broad SMARTS) is 1. The normalized spacial score (nSPS) is 17.8. The van der Waals surface area contributed by atoms with Crippen LogP contribution in [0, 0.1) is 83.8 Å². The molecule has 34 nitrogen and oxygen atoms in total. The number of nitriles is 3. The van der Waals surface area contributed by atoms with Crippen LogP contribution in [0.1, 0.15) is 236 Å². The third-order valence-corrected chi connectivity index (χ3v) is 21.1. The Bertz CT molecular complexity index is 5060. The molecule has 5 fully saturated rings. The number of nitro groups is 2. The second-order valence-electron chi connectivity index (χ2n) is 34.4. The van der Waals surface area contributed by atoms with Crippen LogP contribution in [-0.2, 0) is 48.7 Å². The highest BCUT2D eigenvalue weighted by Crippen LogP contribution is 2.41. The molecule has 6 atom stereocenters. The van der Waals surface area contributed by atoms with Gasteiger partial charge in [-0.05, 0) is 244 Å². The van der Waals surface area contributed by atoms with Crippen molar-refractivity contribution in [2.45, 2.75) is 215 Å². The number of methoxy groups -OCH3 is 3. The number of aldehydes is 2. The highest BCUT2D eigenvalue weighted by molar-refractivity contribution is 6.00. The Morgan fingerprint density at radius 2 is 0.992 bits per heavy atom. The van der Waals surface area contributed by atoms with Gasteiger partial charge in [0.25, 0.3) is 23.2 Å². The molecule has 2 saturated carbocycles. The summed E-state index contributed by atoms with van der Waals surface area (Å²) in [5.41, 5.74) is 3.87. The van der Waals surface area contributed by atoms with Gasteiger partial charge in [0.1, 0.15) is 74.9 Å². The maximum atomic E-state index is 13.8. The monoisotopic (exact) mass is 1700 g/mol. The number of nitrogens with one attached hydrogen (secondary N) is 4. The Morgan fingerprint density at radius 3 is 1.39 bits per heavy atom. The van der Waals surface area contributed by atoms with Gasteiger partial charge >= 0.3 is 23.9 Å². The Balaban J connectivity index is 0.000000219. The number of carboxylic acids is 1. The van der Waals surface area contributed by atoms with Crippen molar-refractivity contribution in [3.05, 3.63) is 138 Å². The van der Waals surface area contributed by atoms with Crippen molar-refractivity contribution in [2.24, 2.45) is 36.6 Å². The van der Waals surface area contributed by atoms with Crippen LogP contribution in [0.2, 0.25) is 0 Å². The lowest BCUT2D eigenvalue weighted by Crippen LogP contribution is -2.46. The van der Waals surface area contributed by atoms with Crippen LogP contribution in [0.15, 0.2) is 72.8 Å². The molecule has 5 N–H and O–H groups in total. The third kappa shape index (κ3) is 28.2. The summed E-state index contributed by atoms with van der Waals surface area (Å²) in [6.07, 6.45) is 12.9. The van der Waals surface area contributed by atoms with E-state index in [4.69, 9.17) is 49.0 Å². The summed E-state index contributed by atoms with van der Waals surface area (Å²) >= 11 is 0. The lowest BCUT2D eigenvalue weighted by Gasteiger charge is -2.38. The number of nitrogens with zero attached hydrogens (tertiary/aromatic N) is 11. The molecule has 0 bridgehead atoms. The molecule has 12 rings (SSSR count). The van der Waals surface area contributed by atoms with Gasteiger partial charge in [-0.3, -0.25) is 53.8 Å². The summed E-state index contributed by atoms with van der Waals surface area (Å²) in [6.45, 7) is 26.4. The molecule has 2 aliphatic carbocycles. The molecule has 3 aliphatic heterocycles. The number of fused-ring (bicyclic) bond motifs is 1. The second-order valence-corrected chi connectivity index (χ2v) is 34.4. The summed E-state index contributed by atoms with van der Waals surface area (Å²) in [5, 5.41) is 66.5. The number of carbonyl (C=O) groups excluding carboxylic acids is 7. The number of aromatic nitrogens is 5. The van der Waals surface area contributed by atoms with Gasteiger partial charge in [-0.25, -0.2) is 9.78 Å². The van der Waals surface area contributed by atoms with Crippen LogP contribution in [0.3, 0.4) is 0 Å². The van der Waals surface area contributed by atoms with Gasteiger partial charge in [0.15, 0.2) is 29.8 Å². The fourth-order valence-electron chi connectivity index (χ4n) is 14.6. The summed E-state index contributed by atoms with van der Waals surface area (Å²) in [4.78, 5) is 127. The van der Waals surface area contributed by atoms with Crippen LogP contribution in [0.4, 0.5) is 22.7 Å². The number of aromatic carboxylic acids is 1. The first-order valence-electron chi connectivity index (χ1n) is 41.1. The van der Waals surface area contributed by atoms with Crippen LogP contribution >= 0.6 is 0 Å². The number of likely N-dealkylation sites (tertiary alicyclic amines) is 2. The number of hydrogen-bond acceptors (Lipinski definition) is 25. The van der Waals surface area contributed by atoms with E-state index in [0.29, 0.717) is 101 Å². The highest BCUT2D eigenvalue weighted by atomic mass is 16.6. The third-order valence-electron chi connectivity index (χ3n) is 21.1. The van der Waals surface area contributed by atoms with Crippen molar-refractivity contribution in [1.29, 1.82) is 15.8 Å². The van der Waals surface area contributed by atoms with Gasteiger partial charge in [0, 0.05) is 89.6 Å². The Morgan fingerprint density at radius 1 is 0.561 bits per heavy atom. The van der Waals surface area contributed by atoms with Gasteiger partial charge in [0.05, 0.1) is 77.7 Å². The van der Waals surface area contributed by atoms with E-state index in [1.165, 1.54) is 65.1 Å². The van der Waals surface area contributed by atoms with Crippen molar-refractivity contribution >= 4 is 82.0 Å². The lowest BCUT2D eigenvalue weighted by molar-refractivity contribution is -0.384. The fraction of sp³-hybridized carbons (Fsp3) is 0.528. The Labute approximate surface area is 717 Å². The van der Waals surface area contributed by atoms with E-state index < -0.39 is 27.0 Å². The molecular formula is C89H117N15O19. The molecule has 123 heavy (non-hydrogen) atoms. The van der Waals surface area contributed by atoms with Crippen LogP contribution in [0.25, 0.3) is 22.6 Å². The van der Waals surface area contributed by atoms with E-state index in [1.54, 1.807) is 49.4 Å².